The van der Waals surface area contributed by atoms with Crippen molar-refractivity contribution in [3.63, 3.8) is 0 Å². The second-order valence-corrected chi connectivity index (χ2v) is 8.18. The number of benzene rings is 2. The van der Waals surface area contributed by atoms with Crippen LogP contribution in [-0.2, 0) is 6.42 Å². The molecule has 2 aromatic carbocycles. The fourth-order valence-corrected chi connectivity index (χ4v) is 4.44. The van der Waals surface area contributed by atoms with Crippen molar-refractivity contribution in [2.75, 3.05) is 13.1 Å². The summed E-state index contributed by atoms with van der Waals surface area (Å²) < 4.78 is 1.86. The Morgan fingerprint density at radius 2 is 1.77 bits per heavy atom. The number of fused-ring (bicyclic) bond motifs is 1. The second-order valence-electron chi connectivity index (χ2n) is 8.18. The van der Waals surface area contributed by atoms with Gasteiger partial charge in [-0.1, -0.05) is 48.5 Å². The molecular weight excluding hydrogens is 388 g/mol. The lowest BCUT2D eigenvalue weighted by molar-refractivity contribution is 0.0673. The Kier molecular flexibility index (Phi) is 5.20. The molecule has 5 rings (SSSR count). The Bertz CT molecular complexity index is 1130. The highest BCUT2D eigenvalue weighted by atomic mass is 16.2. The average Bonchev–Trinajstić information content (AvgIpc) is 3.24. The SMILES string of the molecule is O=C1CC(Cc2ccccc2)=Nc2c1cnn2C1CCCN(C(=O)c2ccccc2)C1. The van der Waals surface area contributed by atoms with Crippen LogP contribution >= 0.6 is 0 Å². The topological polar surface area (TPSA) is 67.6 Å². The molecule has 1 amide bonds. The molecule has 6 nitrogen and oxygen atoms in total. The molecule has 0 radical (unpaired) electrons. The van der Waals surface area contributed by atoms with Crippen LogP contribution in [0, 0.1) is 0 Å². The summed E-state index contributed by atoms with van der Waals surface area (Å²) in [7, 11) is 0. The number of amides is 1. The molecule has 0 bridgehead atoms. The molecule has 31 heavy (non-hydrogen) atoms. The quantitative estimate of drug-likeness (QED) is 0.643. The van der Waals surface area contributed by atoms with Crippen LogP contribution in [0.15, 0.2) is 71.9 Å². The Balaban J connectivity index is 1.40. The van der Waals surface area contributed by atoms with Crippen molar-refractivity contribution >= 4 is 23.2 Å². The first-order valence-electron chi connectivity index (χ1n) is 10.7. The first-order valence-corrected chi connectivity index (χ1v) is 10.7. The van der Waals surface area contributed by atoms with Gasteiger partial charge in [-0.2, -0.15) is 5.10 Å². The highest BCUT2D eigenvalue weighted by molar-refractivity contribution is 6.15. The van der Waals surface area contributed by atoms with E-state index in [1.807, 2.05) is 70.2 Å². The minimum Gasteiger partial charge on any atom is -0.337 e. The van der Waals surface area contributed by atoms with Crippen molar-refractivity contribution in [3.05, 3.63) is 83.6 Å². The monoisotopic (exact) mass is 412 g/mol. The largest absolute Gasteiger partial charge is 0.337 e. The van der Waals surface area contributed by atoms with Gasteiger partial charge in [0.1, 0.15) is 0 Å². The summed E-state index contributed by atoms with van der Waals surface area (Å²) >= 11 is 0. The standard InChI is InChI=1S/C25H24N4O2/c30-23-15-20(14-18-8-3-1-4-9-18)27-24-22(23)16-26-29(24)21-12-7-13-28(17-21)25(31)19-10-5-2-6-11-19/h1-6,8-11,16,21H,7,12-15,17H2. The molecule has 156 valence electrons. The van der Waals surface area contributed by atoms with Crippen molar-refractivity contribution in [2.24, 2.45) is 4.99 Å². The maximum absolute atomic E-state index is 12.9. The minimum absolute atomic E-state index is 0.0118. The van der Waals surface area contributed by atoms with Gasteiger partial charge in [0, 0.05) is 30.8 Å². The van der Waals surface area contributed by atoms with Crippen LogP contribution in [0.3, 0.4) is 0 Å². The molecule has 1 saturated heterocycles. The second kappa shape index (κ2) is 8.30. The number of nitrogens with zero attached hydrogens (tertiary/aromatic N) is 4. The fraction of sp³-hybridized carbons (Fsp3) is 0.280. The van der Waals surface area contributed by atoms with Crippen molar-refractivity contribution in [2.45, 2.75) is 31.7 Å². The van der Waals surface area contributed by atoms with E-state index in [9.17, 15) is 9.59 Å². The summed E-state index contributed by atoms with van der Waals surface area (Å²) in [6.45, 7) is 1.30. The minimum atomic E-state index is 0.0118. The smallest absolute Gasteiger partial charge is 0.253 e. The van der Waals surface area contributed by atoms with Gasteiger partial charge in [-0.05, 0) is 30.5 Å². The van der Waals surface area contributed by atoms with Gasteiger partial charge in [-0.15, -0.1) is 0 Å². The predicted octanol–water partition coefficient (Wildman–Crippen LogP) is 4.26. The van der Waals surface area contributed by atoms with Crippen molar-refractivity contribution < 1.29 is 9.59 Å². The number of Topliss-reactive ketones (excluding diaryl/α,β-unsaturated/α-hetero) is 1. The van der Waals surface area contributed by atoms with Gasteiger partial charge < -0.3 is 4.90 Å². The van der Waals surface area contributed by atoms with E-state index >= 15 is 0 Å². The van der Waals surface area contributed by atoms with Crippen LogP contribution in [0.5, 0.6) is 0 Å². The van der Waals surface area contributed by atoms with E-state index < -0.39 is 0 Å². The van der Waals surface area contributed by atoms with Gasteiger partial charge in [0.05, 0.1) is 24.2 Å². The number of rotatable bonds is 4. The number of carbonyl (C=O) groups is 2. The Morgan fingerprint density at radius 1 is 1.03 bits per heavy atom. The normalized spacial score (nSPS) is 18.5. The number of hydrogen-bond acceptors (Lipinski definition) is 4. The van der Waals surface area contributed by atoms with Crippen LogP contribution in [0.4, 0.5) is 5.82 Å². The number of ketones is 1. The molecule has 0 spiro atoms. The van der Waals surface area contributed by atoms with E-state index in [1.165, 1.54) is 0 Å². The molecular formula is C25H24N4O2. The zero-order valence-electron chi connectivity index (χ0n) is 17.3. The molecule has 0 N–H and O–H groups in total. The van der Waals surface area contributed by atoms with Crippen LogP contribution in [0.25, 0.3) is 0 Å². The third kappa shape index (κ3) is 3.93. The first kappa shape index (κ1) is 19.4. The highest BCUT2D eigenvalue weighted by Crippen LogP contribution is 2.32. The molecule has 0 saturated carbocycles. The summed E-state index contributed by atoms with van der Waals surface area (Å²) in [4.78, 5) is 32.4. The van der Waals surface area contributed by atoms with Gasteiger partial charge in [0.15, 0.2) is 11.6 Å². The molecule has 2 aliphatic rings. The maximum atomic E-state index is 12.9. The summed E-state index contributed by atoms with van der Waals surface area (Å²) in [6.07, 6.45) is 4.42. The Hall–Kier alpha value is -3.54. The molecule has 0 aliphatic carbocycles. The van der Waals surface area contributed by atoms with E-state index in [-0.39, 0.29) is 17.7 Å². The molecule has 1 aromatic heterocycles. The van der Waals surface area contributed by atoms with Crippen molar-refractivity contribution in [3.8, 4) is 0 Å². The van der Waals surface area contributed by atoms with E-state index in [0.717, 1.165) is 30.7 Å². The van der Waals surface area contributed by atoms with Crippen LogP contribution < -0.4 is 0 Å². The molecule has 1 unspecified atom stereocenters. The molecule has 3 aromatic rings. The summed E-state index contributed by atoms with van der Waals surface area (Å²) in [5.41, 5.74) is 3.28. The third-order valence-corrected chi connectivity index (χ3v) is 6.00. The Morgan fingerprint density at radius 3 is 2.55 bits per heavy atom. The average molecular weight is 412 g/mol. The zero-order valence-corrected chi connectivity index (χ0v) is 17.3. The molecule has 6 heteroatoms. The lowest BCUT2D eigenvalue weighted by atomic mass is 9.99. The van der Waals surface area contributed by atoms with Crippen LogP contribution in [-0.4, -0.2) is 45.2 Å². The van der Waals surface area contributed by atoms with E-state index in [4.69, 9.17) is 4.99 Å². The molecule has 1 atom stereocenters. The predicted molar refractivity (Wildman–Crippen MR) is 119 cm³/mol. The number of hydrogen-bond donors (Lipinski definition) is 0. The van der Waals surface area contributed by atoms with Crippen molar-refractivity contribution in [1.29, 1.82) is 0 Å². The van der Waals surface area contributed by atoms with Gasteiger partial charge in [-0.3, -0.25) is 9.59 Å². The lowest BCUT2D eigenvalue weighted by Gasteiger charge is -2.33. The Labute approximate surface area is 181 Å². The van der Waals surface area contributed by atoms with E-state index in [2.05, 4.69) is 5.10 Å². The number of aliphatic imine (C=N–C) groups is 1. The highest BCUT2D eigenvalue weighted by Gasteiger charge is 2.31. The number of aromatic nitrogens is 2. The molecule has 1 fully saturated rings. The van der Waals surface area contributed by atoms with E-state index in [1.54, 1.807) is 6.20 Å². The number of piperidine rings is 1. The van der Waals surface area contributed by atoms with Crippen LogP contribution in [0.2, 0.25) is 0 Å². The maximum Gasteiger partial charge on any atom is 0.253 e. The molecule has 2 aliphatic heterocycles. The van der Waals surface area contributed by atoms with Gasteiger partial charge in [-0.25, -0.2) is 9.67 Å². The number of carbonyl (C=O) groups excluding carboxylic acids is 2. The van der Waals surface area contributed by atoms with Gasteiger partial charge >= 0.3 is 0 Å². The summed E-state index contributed by atoms with van der Waals surface area (Å²) in [5.74, 6) is 0.743. The fourth-order valence-electron chi connectivity index (χ4n) is 4.44. The first-order chi connectivity index (χ1) is 15.2. The van der Waals surface area contributed by atoms with Crippen molar-refractivity contribution in [1.82, 2.24) is 14.7 Å². The molecule has 3 heterocycles. The lowest BCUT2D eigenvalue weighted by Crippen LogP contribution is -2.41. The summed E-state index contributed by atoms with van der Waals surface area (Å²) in [5, 5.41) is 4.53. The van der Waals surface area contributed by atoms with E-state index in [0.29, 0.717) is 36.3 Å². The third-order valence-electron chi connectivity index (χ3n) is 6.00. The number of likely N-dealkylation sites (tertiary alicyclic amines) is 1. The van der Waals surface area contributed by atoms with Gasteiger partial charge in [0.2, 0.25) is 0 Å². The zero-order chi connectivity index (χ0) is 21.2. The van der Waals surface area contributed by atoms with Crippen LogP contribution in [0.1, 0.15) is 51.6 Å². The summed E-state index contributed by atoms with van der Waals surface area (Å²) in [6, 6.07) is 19.5. The van der Waals surface area contributed by atoms with Gasteiger partial charge in [0.25, 0.3) is 5.91 Å².